The maximum atomic E-state index is 12.1. The second kappa shape index (κ2) is 6.07. The Labute approximate surface area is 120 Å². The van der Waals surface area contributed by atoms with Crippen molar-refractivity contribution in [2.75, 3.05) is 11.4 Å². The molecule has 1 saturated heterocycles. The third-order valence-electron chi connectivity index (χ3n) is 3.90. The molecule has 1 heterocycles. The van der Waals surface area contributed by atoms with Gasteiger partial charge in [0.2, 0.25) is 11.8 Å². The Morgan fingerprint density at radius 2 is 2.15 bits per heavy atom. The normalized spacial score (nSPS) is 20.1. The monoisotopic (exact) mass is 274 g/mol. The summed E-state index contributed by atoms with van der Waals surface area (Å²) in [6, 6.07) is 7.94. The zero-order chi connectivity index (χ0) is 14.7. The molecule has 20 heavy (non-hydrogen) atoms. The first-order valence-corrected chi connectivity index (χ1v) is 7.19. The predicted molar refractivity (Wildman–Crippen MR) is 79.5 cm³/mol. The number of anilines is 1. The van der Waals surface area contributed by atoms with Gasteiger partial charge in [-0.25, -0.2) is 0 Å². The molecule has 1 aliphatic heterocycles. The van der Waals surface area contributed by atoms with Crippen molar-refractivity contribution >= 4 is 17.5 Å². The van der Waals surface area contributed by atoms with Crippen molar-refractivity contribution in [1.29, 1.82) is 0 Å². The Balaban J connectivity index is 2.08. The zero-order valence-corrected chi connectivity index (χ0v) is 12.3. The van der Waals surface area contributed by atoms with Gasteiger partial charge >= 0.3 is 0 Å². The summed E-state index contributed by atoms with van der Waals surface area (Å²) in [5, 5.41) is 2.96. The predicted octanol–water partition coefficient (Wildman–Crippen LogP) is 2.26. The van der Waals surface area contributed by atoms with E-state index in [4.69, 9.17) is 0 Å². The topological polar surface area (TPSA) is 49.4 Å². The molecule has 2 rings (SSSR count). The number of nitrogens with one attached hydrogen (secondary N) is 1. The van der Waals surface area contributed by atoms with Crippen LogP contribution in [0.3, 0.4) is 0 Å². The van der Waals surface area contributed by atoms with E-state index < -0.39 is 0 Å². The molecular formula is C16H22N2O2. The Kier molecular flexibility index (Phi) is 4.42. The van der Waals surface area contributed by atoms with Gasteiger partial charge in [0.25, 0.3) is 0 Å². The largest absolute Gasteiger partial charge is 0.353 e. The van der Waals surface area contributed by atoms with E-state index in [1.807, 2.05) is 45.0 Å². The van der Waals surface area contributed by atoms with Crippen LogP contribution in [0, 0.1) is 12.8 Å². The highest BCUT2D eigenvalue weighted by Gasteiger charge is 2.35. The molecule has 2 atom stereocenters. The molecule has 1 N–H and O–H groups in total. The molecular weight excluding hydrogens is 252 g/mol. The fourth-order valence-corrected chi connectivity index (χ4v) is 2.45. The van der Waals surface area contributed by atoms with Crippen LogP contribution in [-0.4, -0.2) is 24.4 Å². The third-order valence-corrected chi connectivity index (χ3v) is 3.90. The number of benzene rings is 1. The van der Waals surface area contributed by atoms with Gasteiger partial charge in [-0.1, -0.05) is 25.1 Å². The minimum atomic E-state index is -0.240. The van der Waals surface area contributed by atoms with E-state index in [1.54, 1.807) is 4.90 Å². The first-order valence-electron chi connectivity index (χ1n) is 7.19. The summed E-state index contributed by atoms with van der Waals surface area (Å²) in [5.74, 6) is -0.219. The highest BCUT2D eigenvalue weighted by atomic mass is 16.2. The summed E-state index contributed by atoms with van der Waals surface area (Å²) < 4.78 is 0. The lowest BCUT2D eigenvalue weighted by Gasteiger charge is -2.19. The van der Waals surface area contributed by atoms with Gasteiger partial charge in [0.15, 0.2) is 0 Å². The van der Waals surface area contributed by atoms with E-state index in [0.29, 0.717) is 13.0 Å². The molecule has 1 aromatic carbocycles. The molecule has 0 aliphatic carbocycles. The van der Waals surface area contributed by atoms with Gasteiger partial charge in [0, 0.05) is 24.7 Å². The van der Waals surface area contributed by atoms with E-state index >= 15 is 0 Å². The summed E-state index contributed by atoms with van der Waals surface area (Å²) >= 11 is 0. The van der Waals surface area contributed by atoms with E-state index in [2.05, 4.69) is 5.32 Å². The number of carbonyl (C=O) groups excluding carboxylic acids is 2. The van der Waals surface area contributed by atoms with Crippen molar-refractivity contribution in [1.82, 2.24) is 5.32 Å². The lowest BCUT2D eigenvalue weighted by Crippen LogP contribution is -2.38. The lowest BCUT2D eigenvalue weighted by molar-refractivity contribution is -0.126. The summed E-state index contributed by atoms with van der Waals surface area (Å²) in [5.41, 5.74) is 1.97. The van der Waals surface area contributed by atoms with E-state index in [1.165, 1.54) is 0 Å². The van der Waals surface area contributed by atoms with Crippen molar-refractivity contribution in [2.24, 2.45) is 5.92 Å². The SMILES string of the molecule is CC[C@@H](C)NC(=O)[C@@H]1CC(=O)N(c2ccccc2C)C1. The van der Waals surface area contributed by atoms with E-state index in [0.717, 1.165) is 17.7 Å². The van der Waals surface area contributed by atoms with Crippen LogP contribution in [0.25, 0.3) is 0 Å². The van der Waals surface area contributed by atoms with Crippen molar-refractivity contribution in [2.45, 2.75) is 39.7 Å². The third kappa shape index (κ3) is 3.00. The maximum Gasteiger partial charge on any atom is 0.227 e. The van der Waals surface area contributed by atoms with Crippen LogP contribution in [0.15, 0.2) is 24.3 Å². The first kappa shape index (κ1) is 14.6. The van der Waals surface area contributed by atoms with Crippen molar-refractivity contribution in [3.05, 3.63) is 29.8 Å². The van der Waals surface area contributed by atoms with Gasteiger partial charge in [-0.15, -0.1) is 0 Å². The number of nitrogens with zero attached hydrogens (tertiary/aromatic N) is 1. The van der Waals surface area contributed by atoms with Gasteiger partial charge in [0.1, 0.15) is 0 Å². The van der Waals surface area contributed by atoms with Gasteiger partial charge < -0.3 is 10.2 Å². The Bertz CT molecular complexity index is 513. The molecule has 108 valence electrons. The number of hydrogen-bond acceptors (Lipinski definition) is 2. The van der Waals surface area contributed by atoms with Crippen molar-refractivity contribution in [3.8, 4) is 0 Å². The zero-order valence-electron chi connectivity index (χ0n) is 12.3. The van der Waals surface area contributed by atoms with Gasteiger partial charge in [-0.2, -0.15) is 0 Å². The molecule has 4 heteroatoms. The molecule has 4 nitrogen and oxygen atoms in total. The number of rotatable bonds is 4. The molecule has 0 spiro atoms. The van der Waals surface area contributed by atoms with Crippen LogP contribution in [0.1, 0.15) is 32.3 Å². The van der Waals surface area contributed by atoms with Crippen molar-refractivity contribution < 1.29 is 9.59 Å². The van der Waals surface area contributed by atoms with Gasteiger partial charge in [-0.05, 0) is 31.9 Å². The molecule has 2 amide bonds. The number of amides is 2. The summed E-state index contributed by atoms with van der Waals surface area (Å²) in [6.07, 6.45) is 1.20. The minimum Gasteiger partial charge on any atom is -0.353 e. The van der Waals surface area contributed by atoms with Crippen LogP contribution in [-0.2, 0) is 9.59 Å². The van der Waals surface area contributed by atoms with Crippen LogP contribution in [0.5, 0.6) is 0 Å². The van der Waals surface area contributed by atoms with Crippen LogP contribution < -0.4 is 10.2 Å². The number of para-hydroxylation sites is 1. The maximum absolute atomic E-state index is 12.1. The standard InChI is InChI=1S/C16H22N2O2/c1-4-12(3)17-16(20)13-9-15(19)18(10-13)14-8-6-5-7-11(14)2/h5-8,12-13H,4,9-10H2,1-3H3,(H,17,20)/t12-,13-/m1/s1. The second-order valence-electron chi connectivity index (χ2n) is 5.51. The van der Waals surface area contributed by atoms with Crippen molar-refractivity contribution in [3.63, 3.8) is 0 Å². The summed E-state index contributed by atoms with van der Waals surface area (Å²) in [6.45, 7) is 6.47. The van der Waals surface area contributed by atoms with Crippen LogP contribution >= 0.6 is 0 Å². The Morgan fingerprint density at radius 1 is 1.45 bits per heavy atom. The van der Waals surface area contributed by atoms with Crippen LogP contribution in [0.4, 0.5) is 5.69 Å². The molecule has 1 aromatic rings. The van der Waals surface area contributed by atoms with E-state index in [-0.39, 0.29) is 23.8 Å². The molecule has 1 fully saturated rings. The lowest BCUT2D eigenvalue weighted by atomic mass is 10.1. The highest BCUT2D eigenvalue weighted by molar-refractivity contribution is 6.00. The number of carbonyl (C=O) groups is 2. The number of hydrogen-bond donors (Lipinski definition) is 1. The molecule has 0 saturated carbocycles. The molecule has 0 unspecified atom stereocenters. The quantitative estimate of drug-likeness (QED) is 0.915. The molecule has 0 bridgehead atoms. The smallest absolute Gasteiger partial charge is 0.227 e. The first-order chi connectivity index (χ1) is 9.52. The van der Waals surface area contributed by atoms with Gasteiger partial charge in [-0.3, -0.25) is 9.59 Å². The summed E-state index contributed by atoms with van der Waals surface area (Å²) in [4.78, 5) is 26.0. The van der Waals surface area contributed by atoms with Gasteiger partial charge in [0.05, 0.1) is 5.92 Å². The minimum absolute atomic E-state index is 0.0104. The Hall–Kier alpha value is -1.84. The highest BCUT2D eigenvalue weighted by Crippen LogP contribution is 2.27. The average Bonchev–Trinajstić information content (AvgIpc) is 2.81. The fraction of sp³-hybridized carbons (Fsp3) is 0.500. The van der Waals surface area contributed by atoms with Crippen LogP contribution in [0.2, 0.25) is 0 Å². The second-order valence-corrected chi connectivity index (χ2v) is 5.51. The Morgan fingerprint density at radius 3 is 2.80 bits per heavy atom. The molecule has 0 aromatic heterocycles. The molecule has 0 radical (unpaired) electrons. The van der Waals surface area contributed by atoms with E-state index in [9.17, 15) is 9.59 Å². The summed E-state index contributed by atoms with van der Waals surface area (Å²) in [7, 11) is 0. The molecule has 1 aliphatic rings. The average molecular weight is 274 g/mol. The number of aryl methyl sites for hydroxylation is 1. The fourth-order valence-electron chi connectivity index (χ4n) is 2.45.